The molecule has 0 spiro atoms. The minimum atomic E-state index is -1.06. The van der Waals surface area contributed by atoms with Gasteiger partial charge in [0.05, 0.1) is 123 Å². The Morgan fingerprint density at radius 2 is 0.662 bits per heavy atom. The molecule has 23 nitrogen and oxygen atoms in total. The number of carbonyl (C=O) groups excluding carboxylic acids is 5. The number of hydrogen-bond acceptors (Lipinski definition) is 22. The first-order valence-corrected chi connectivity index (χ1v) is 52.0. The number of aliphatic hydroxyl groups excluding tert-OH is 1. The van der Waals surface area contributed by atoms with Crippen LogP contribution in [0.4, 0.5) is 0 Å². The SMILES string of the molecule is CC(C)(C)c1cc(O)cc(O)c1.CC1(C)[C@@H]2CC[C@@]1(C(=O)O)C(=O)C2.CCC.COC(=O)[C@]12CC[C@H](C=C1C)C2(C)C.COC(=O)[C@]12CC[C@H](C=C1c1c(OC)cc(C(C)(C)C)cc1OC)C2(C)C.COC(=O)[C@]12CC[C@H](CC1=O)C2(C)C.COc1cc(C(C)(C)C)cc(OC)c1B1OC(C)(C)C(C)(C)O1.COc1cc(C(C)(C)C)cc(OC)c1C1=C[C@H]2CC[C@]1(CO)C2(C)C.COc1cc(OC)cc(C(C)(C)C)c1. The first kappa shape index (κ1) is 121. The van der Waals surface area contributed by atoms with E-state index in [1.165, 1.54) is 56.1 Å². The van der Waals surface area contributed by atoms with E-state index in [0.29, 0.717) is 49.4 Å². The van der Waals surface area contributed by atoms with Gasteiger partial charge in [-0.2, -0.15) is 0 Å². The molecule has 145 heavy (non-hydrogen) atoms. The number of phenols is 2. The summed E-state index contributed by atoms with van der Waals surface area (Å²) in [4.78, 5) is 71.5. The highest BCUT2D eigenvalue weighted by Crippen LogP contribution is 2.73. The Bertz CT molecular complexity index is 5450. The van der Waals surface area contributed by atoms with Crippen molar-refractivity contribution in [3.05, 3.63) is 136 Å². The number of fused-ring (bicyclic) bond motifs is 10. The van der Waals surface area contributed by atoms with E-state index in [9.17, 15) is 49.2 Å². The molecule has 4 N–H and O–H groups in total. The predicted molar refractivity (Wildman–Crippen MR) is 578 cm³/mol. The Labute approximate surface area is 869 Å². The molecule has 1 aliphatic heterocycles. The number of allylic oxidation sites excluding steroid dienone is 3. The number of methoxy groups -OCH3 is 11. The third-order valence-corrected chi connectivity index (χ3v) is 35.8. The number of Topliss-reactive ketones (excluding diaryl/α,β-unsaturated/α-hetero) is 2. The molecule has 0 radical (unpaired) electrons. The van der Waals surface area contributed by atoms with Crippen LogP contribution in [0.25, 0.3) is 11.1 Å². The number of aromatic hydroxyl groups is 2. The van der Waals surface area contributed by atoms with Gasteiger partial charge in [0, 0.05) is 30.4 Å². The predicted octanol–water partition coefficient (Wildman–Crippen LogP) is 25.5. The van der Waals surface area contributed by atoms with Gasteiger partial charge in [-0.05, 0) is 282 Å². The van der Waals surface area contributed by atoms with Gasteiger partial charge < -0.3 is 81.8 Å². The number of benzene rings is 5. The van der Waals surface area contributed by atoms with E-state index in [4.69, 9.17) is 61.4 Å². The summed E-state index contributed by atoms with van der Waals surface area (Å²) < 4.78 is 72.3. The van der Waals surface area contributed by atoms with Gasteiger partial charge in [-0.1, -0.05) is 217 Å². The van der Waals surface area contributed by atoms with Gasteiger partial charge in [0.1, 0.15) is 68.3 Å². The number of aliphatic carboxylic acids is 1. The molecule has 0 unspecified atom stereocenters. The van der Waals surface area contributed by atoms with Crippen LogP contribution in [-0.4, -0.2) is 159 Å². The second-order valence-corrected chi connectivity index (χ2v) is 50.6. The van der Waals surface area contributed by atoms with Crippen LogP contribution in [0.2, 0.25) is 0 Å². The lowest BCUT2D eigenvalue weighted by molar-refractivity contribution is -0.162. The largest absolute Gasteiger partial charge is 0.508 e. The van der Waals surface area contributed by atoms with Crippen molar-refractivity contribution in [2.75, 3.05) is 84.8 Å². The highest BCUT2D eigenvalue weighted by molar-refractivity contribution is 6.64. The van der Waals surface area contributed by atoms with E-state index in [-0.39, 0.29) is 118 Å². The lowest BCUT2D eigenvalue weighted by Gasteiger charge is -2.40. The van der Waals surface area contributed by atoms with Gasteiger partial charge in [-0.25, -0.2) is 0 Å². The van der Waals surface area contributed by atoms with Crippen LogP contribution in [0.1, 0.15) is 344 Å². The lowest BCUT2D eigenvalue weighted by atomic mass is 9.64. The highest BCUT2D eigenvalue weighted by Gasteiger charge is 2.72. The van der Waals surface area contributed by atoms with Crippen molar-refractivity contribution in [2.24, 2.45) is 83.7 Å². The van der Waals surface area contributed by atoms with Gasteiger partial charge in [0.25, 0.3) is 0 Å². The van der Waals surface area contributed by atoms with Crippen molar-refractivity contribution >= 4 is 59.2 Å². The van der Waals surface area contributed by atoms with Gasteiger partial charge >= 0.3 is 31.0 Å². The summed E-state index contributed by atoms with van der Waals surface area (Å²) in [5.41, 5.74) is 7.19. The number of carbonyl (C=O) groups is 6. The molecular weight excluding hydrogens is 1830 g/mol. The molecule has 16 rings (SSSR count). The van der Waals surface area contributed by atoms with Crippen molar-refractivity contribution in [3.63, 3.8) is 0 Å². The third-order valence-electron chi connectivity index (χ3n) is 35.8. The molecule has 1 saturated heterocycles. The average molecular weight is 2010 g/mol. The molecule has 5 aromatic rings. The molecule has 8 fully saturated rings. The minimum Gasteiger partial charge on any atom is -0.508 e. The first-order chi connectivity index (χ1) is 66.7. The van der Waals surface area contributed by atoms with E-state index in [2.05, 4.69) is 188 Å². The third kappa shape index (κ3) is 22.0. The van der Waals surface area contributed by atoms with Crippen LogP contribution < -0.4 is 43.4 Å². The topological polar surface area (TPSA) is 303 Å². The minimum absolute atomic E-state index is 0.00494. The maximum atomic E-state index is 13.1. The molecule has 10 aliphatic carbocycles. The summed E-state index contributed by atoms with van der Waals surface area (Å²) in [5.74, 6) is 7.17. The molecule has 10 atom stereocenters. The highest BCUT2D eigenvalue weighted by atomic mass is 16.7. The molecule has 24 heteroatoms. The standard InChI is InChI=1S/C23H32O4.C22H32O3.C18H29BO4.2C12H18O2.C11H16O3.C10H14O3.C10H14O2.C3H8/c1-21(2,3)15-12-17(25-6)19(18(13-15)26-7)16-11-14-9-10-23(16,20(24)27-8)22(14,4)5;1-20(2,3)15-11-17(24-6)19(18(12-15)25-7)16-10-14-8-9-22(16,13-23)21(14,4)5;1-16(2,3)12-10-13(20-8)15(14(11-12)21-9)19-22-17(4,5)18(6,7)23-19;1-8-7-9-5-6-12(8,10(13)14-4)11(9,2)3;1-12(2,3)9-6-10(13-4)8-11(7-9)14-5;1-10(2)7-4-5-11(10,8(12)6-7)9(13)14-3;1-9(2)6-3-4-10(9,8(12)13)7(11)5-6;1-10(2,3)7-4-8(11)6-9(12)5-7;1-3-2/h11-14H,9-10H2,1-8H3;10-12,14,23H,8-9,13H2,1-7H3;10-11H,1-9H3;7,9H,5-6H2,1-4H3;6-8H,1-5H3;7H,4-6H2,1-3H3;6H,3-5H2,1-2H3,(H,12,13);4-6,11-12H,1-3H3;3H2,1-2H3/t14-,23+;14-,22-;;9-,12+;;7-,11+;6-,10+;;/m11.1.11../s1. The maximum Gasteiger partial charge on any atom is 0.502 e. The van der Waals surface area contributed by atoms with Crippen LogP contribution in [0.3, 0.4) is 0 Å². The zero-order valence-electron chi connectivity index (χ0n) is 96.6. The van der Waals surface area contributed by atoms with Crippen molar-refractivity contribution < 1.29 is 111 Å². The second-order valence-electron chi connectivity index (χ2n) is 50.6. The van der Waals surface area contributed by atoms with Gasteiger partial charge in [0.15, 0.2) is 11.6 Å². The second kappa shape index (κ2) is 44.0. The summed E-state index contributed by atoms with van der Waals surface area (Å²) in [6.45, 7) is 67.9. The number of carboxylic acid groups (broad SMARTS) is 1. The fraction of sp³-hybridized carbons (Fsp3) is 0.653. The Morgan fingerprint density at radius 3 is 0.952 bits per heavy atom. The zero-order chi connectivity index (χ0) is 110. The van der Waals surface area contributed by atoms with E-state index in [1.54, 1.807) is 69.0 Å². The quantitative estimate of drug-likeness (QED) is 0.0234. The Morgan fingerprint density at radius 1 is 0.366 bits per heavy atom. The molecule has 7 saturated carbocycles. The molecule has 1 heterocycles. The van der Waals surface area contributed by atoms with Crippen LogP contribution in [0.15, 0.2) is 96.6 Å². The number of aliphatic hydroxyl groups is 1. The van der Waals surface area contributed by atoms with E-state index < -0.39 is 40.5 Å². The smallest absolute Gasteiger partial charge is 0.502 e. The van der Waals surface area contributed by atoms with E-state index in [0.717, 1.165) is 136 Å². The number of hydrogen-bond donors (Lipinski definition) is 4. The van der Waals surface area contributed by atoms with Gasteiger partial charge in [0.2, 0.25) is 0 Å². The molecule has 5 aromatic carbocycles. The van der Waals surface area contributed by atoms with E-state index >= 15 is 0 Å². The van der Waals surface area contributed by atoms with Gasteiger partial charge in [-0.15, -0.1) is 0 Å². The van der Waals surface area contributed by atoms with Gasteiger partial charge in [-0.3, -0.25) is 28.8 Å². The fourth-order valence-corrected chi connectivity index (χ4v) is 24.8. The van der Waals surface area contributed by atoms with Crippen LogP contribution in [0, 0.1) is 83.7 Å². The fourth-order valence-electron chi connectivity index (χ4n) is 24.8. The van der Waals surface area contributed by atoms with Crippen molar-refractivity contribution in [1.82, 2.24) is 0 Å². The zero-order valence-corrected chi connectivity index (χ0v) is 96.6. The monoisotopic (exact) mass is 2010 g/mol. The summed E-state index contributed by atoms with van der Waals surface area (Å²) in [5, 5.41) is 38.0. The molecule has 806 valence electrons. The molecule has 0 amide bonds. The summed E-state index contributed by atoms with van der Waals surface area (Å²) in [6, 6.07) is 23.1. The molecular formula is C121H181BO23. The summed E-state index contributed by atoms with van der Waals surface area (Å²) in [7, 11) is 17.3. The number of phenolic OH excluding ortho intramolecular Hbond substituents is 2. The number of esters is 3. The van der Waals surface area contributed by atoms with Crippen molar-refractivity contribution in [2.45, 2.75) is 343 Å². The van der Waals surface area contributed by atoms with Crippen molar-refractivity contribution in [1.29, 1.82) is 0 Å². The number of ketones is 2. The Balaban J connectivity index is 0.000000205. The number of rotatable bonds is 16. The summed E-state index contributed by atoms with van der Waals surface area (Å²) in [6.07, 6.45) is 18.3. The Hall–Kier alpha value is -9.52. The van der Waals surface area contributed by atoms with Crippen molar-refractivity contribution in [3.8, 4) is 57.5 Å². The molecule has 0 aromatic heterocycles. The van der Waals surface area contributed by atoms with Crippen LogP contribution in [-0.2, 0) is 79.4 Å². The number of carboxylic acids is 1. The van der Waals surface area contributed by atoms with E-state index in [1.807, 2.05) is 106 Å². The average Bonchev–Trinajstić information content (AvgIpc) is 1.52. The maximum absolute atomic E-state index is 13.1. The lowest BCUT2D eigenvalue weighted by Crippen LogP contribution is -2.44. The van der Waals surface area contributed by atoms with Crippen LogP contribution in [0.5, 0.6) is 57.5 Å². The Kier molecular flexibility index (Phi) is 36.6. The first-order valence-electron chi connectivity index (χ1n) is 52.0. The normalized spacial score (nSPS) is 26.0. The summed E-state index contributed by atoms with van der Waals surface area (Å²) >= 11 is 0. The molecule has 10 bridgehead atoms. The van der Waals surface area contributed by atoms with Crippen LogP contribution >= 0.6 is 0 Å². The number of ether oxygens (including phenoxy) is 11. The molecule has 11 aliphatic rings.